The fraction of sp³-hybridized carbons (Fsp3) is 0.440. The summed E-state index contributed by atoms with van der Waals surface area (Å²) in [7, 11) is -3.21. The maximum absolute atomic E-state index is 12.7. The molecule has 0 spiro atoms. The second-order valence-electron chi connectivity index (χ2n) is 8.78. The molecule has 32 heavy (non-hydrogen) atoms. The lowest BCUT2D eigenvalue weighted by Gasteiger charge is -2.42. The molecule has 2 atom stereocenters. The van der Waals surface area contributed by atoms with Gasteiger partial charge in [-0.05, 0) is 60.4 Å². The average molecular weight is 452 g/mol. The van der Waals surface area contributed by atoms with Gasteiger partial charge >= 0.3 is 0 Å². The number of amides is 1. The molecule has 1 amide bonds. The molecule has 1 saturated carbocycles. The van der Waals surface area contributed by atoms with Crippen LogP contribution in [0.25, 0.3) is 11.1 Å². The number of carbonyl (C=O) groups excluding carboxylic acids is 1. The standard InChI is InChI=1S/C25H29N3O3S/c1-2-32(30,31)23-13-9-19(10-14-23)18-5-3-17(4-6-18)15-22(16-26)28-25(29)24-20-7-11-21(27-24)12-8-20/h3-6,9-10,13-14,20-22,24,27H,2,7-8,11-12,15H2,1H3,(H,28,29)/t20?,21?,22-,24-/m0/s1. The Morgan fingerprint density at radius 3 is 2.16 bits per heavy atom. The summed E-state index contributed by atoms with van der Waals surface area (Å²) in [5.41, 5.74) is 2.85. The third-order valence-electron chi connectivity index (χ3n) is 6.73. The minimum Gasteiger partial charge on any atom is -0.339 e. The minimum absolute atomic E-state index is 0.0651. The van der Waals surface area contributed by atoms with Gasteiger partial charge in [-0.3, -0.25) is 4.79 Å². The Morgan fingerprint density at radius 2 is 1.66 bits per heavy atom. The molecule has 2 saturated heterocycles. The van der Waals surface area contributed by atoms with Crippen molar-refractivity contribution in [2.24, 2.45) is 5.92 Å². The average Bonchev–Trinajstić information content (AvgIpc) is 2.84. The summed E-state index contributed by atoms with van der Waals surface area (Å²) >= 11 is 0. The first kappa shape index (κ1) is 22.5. The molecule has 0 radical (unpaired) electrons. The van der Waals surface area contributed by atoms with Crippen molar-refractivity contribution in [3.8, 4) is 17.2 Å². The predicted octanol–water partition coefficient (Wildman–Crippen LogP) is 3.23. The lowest BCUT2D eigenvalue weighted by Crippen LogP contribution is -2.59. The van der Waals surface area contributed by atoms with E-state index in [2.05, 4.69) is 16.7 Å². The van der Waals surface area contributed by atoms with Crippen LogP contribution >= 0.6 is 0 Å². The highest BCUT2D eigenvalue weighted by Gasteiger charge is 2.39. The molecule has 0 unspecified atom stereocenters. The summed E-state index contributed by atoms with van der Waals surface area (Å²) in [6, 6.07) is 16.6. The van der Waals surface area contributed by atoms with E-state index in [9.17, 15) is 18.5 Å². The number of benzene rings is 2. The number of sulfone groups is 1. The maximum atomic E-state index is 12.7. The second-order valence-corrected chi connectivity index (χ2v) is 11.1. The number of carbonyl (C=O) groups is 1. The van der Waals surface area contributed by atoms with Crippen molar-refractivity contribution in [3.63, 3.8) is 0 Å². The van der Waals surface area contributed by atoms with E-state index in [1.165, 1.54) is 0 Å². The van der Waals surface area contributed by atoms with Crippen molar-refractivity contribution in [1.29, 1.82) is 5.26 Å². The molecule has 2 N–H and O–H groups in total. The molecule has 2 aliphatic heterocycles. The van der Waals surface area contributed by atoms with Crippen molar-refractivity contribution in [2.75, 3.05) is 5.75 Å². The second kappa shape index (κ2) is 9.43. The van der Waals surface area contributed by atoms with Crippen LogP contribution in [-0.2, 0) is 21.1 Å². The van der Waals surface area contributed by atoms with Gasteiger partial charge in [-0.25, -0.2) is 8.42 Å². The van der Waals surface area contributed by atoms with Crippen molar-refractivity contribution >= 4 is 15.7 Å². The van der Waals surface area contributed by atoms with Gasteiger partial charge in [0.25, 0.3) is 0 Å². The Labute approximate surface area is 190 Å². The van der Waals surface area contributed by atoms with Crippen LogP contribution in [0, 0.1) is 17.2 Å². The molecule has 2 heterocycles. The fourth-order valence-electron chi connectivity index (χ4n) is 4.78. The number of piperidine rings is 2. The van der Waals surface area contributed by atoms with E-state index >= 15 is 0 Å². The van der Waals surface area contributed by atoms with Gasteiger partial charge in [0.1, 0.15) is 6.04 Å². The molecule has 0 aromatic heterocycles. The van der Waals surface area contributed by atoms with Gasteiger partial charge < -0.3 is 10.6 Å². The molecule has 2 aromatic carbocycles. The van der Waals surface area contributed by atoms with Crippen molar-refractivity contribution < 1.29 is 13.2 Å². The Hall–Kier alpha value is -2.69. The zero-order valence-corrected chi connectivity index (χ0v) is 19.1. The van der Waals surface area contributed by atoms with E-state index in [-0.39, 0.29) is 17.7 Å². The van der Waals surface area contributed by atoms with Crippen LogP contribution in [0.3, 0.4) is 0 Å². The zero-order valence-electron chi connectivity index (χ0n) is 18.3. The van der Waals surface area contributed by atoms with Gasteiger partial charge in [-0.1, -0.05) is 43.3 Å². The number of fused-ring (bicyclic) bond motifs is 3. The summed E-state index contributed by atoms with van der Waals surface area (Å²) in [5.74, 6) is 0.386. The van der Waals surface area contributed by atoms with Gasteiger partial charge in [-0.2, -0.15) is 5.26 Å². The van der Waals surface area contributed by atoms with E-state index in [1.807, 2.05) is 24.3 Å². The van der Waals surface area contributed by atoms with Crippen molar-refractivity contribution in [3.05, 3.63) is 54.1 Å². The summed E-state index contributed by atoms with van der Waals surface area (Å²) in [6.45, 7) is 1.63. The summed E-state index contributed by atoms with van der Waals surface area (Å²) in [5, 5.41) is 15.9. The number of hydrogen-bond donors (Lipinski definition) is 2. The van der Waals surface area contributed by atoms with E-state index in [0.717, 1.165) is 42.4 Å². The Bertz CT molecular complexity index is 1100. The Morgan fingerprint density at radius 1 is 1.06 bits per heavy atom. The van der Waals surface area contributed by atoms with Crippen molar-refractivity contribution in [2.45, 2.75) is 62.0 Å². The first-order valence-electron chi connectivity index (χ1n) is 11.3. The first-order chi connectivity index (χ1) is 15.4. The molecule has 3 fully saturated rings. The van der Waals surface area contributed by atoms with Crippen LogP contribution in [0.1, 0.15) is 38.2 Å². The third kappa shape index (κ3) is 4.87. The van der Waals surface area contributed by atoms with Gasteiger partial charge in [0.05, 0.1) is 22.8 Å². The number of nitrogens with zero attached hydrogens (tertiary/aromatic N) is 1. The topological polar surface area (TPSA) is 99.1 Å². The van der Waals surface area contributed by atoms with Gasteiger partial charge in [0, 0.05) is 12.5 Å². The molecular weight excluding hydrogens is 422 g/mol. The Balaban J connectivity index is 1.38. The SMILES string of the molecule is CCS(=O)(=O)c1ccc(-c2ccc(C[C@@H](C#N)NC(=O)[C@H]3NC4CCC3CC4)cc2)cc1. The number of nitrogens with one attached hydrogen (secondary N) is 2. The van der Waals surface area contributed by atoms with Crippen LogP contribution in [-0.4, -0.2) is 38.2 Å². The number of hydrogen-bond acceptors (Lipinski definition) is 5. The minimum atomic E-state index is -3.21. The van der Waals surface area contributed by atoms with Crippen LogP contribution in [0.2, 0.25) is 0 Å². The molecule has 5 rings (SSSR count). The fourth-order valence-corrected chi connectivity index (χ4v) is 5.66. The van der Waals surface area contributed by atoms with Gasteiger partial charge in [0.15, 0.2) is 9.84 Å². The molecule has 2 bridgehead atoms. The molecular formula is C25H29N3O3S. The van der Waals surface area contributed by atoms with E-state index < -0.39 is 15.9 Å². The first-order valence-corrected chi connectivity index (χ1v) is 12.9. The lowest BCUT2D eigenvalue weighted by atomic mass is 9.76. The Kier molecular flexibility index (Phi) is 6.63. The third-order valence-corrected chi connectivity index (χ3v) is 8.48. The molecule has 2 aromatic rings. The molecule has 6 nitrogen and oxygen atoms in total. The quantitative estimate of drug-likeness (QED) is 0.673. The van der Waals surface area contributed by atoms with E-state index in [4.69, 9.17) is 0 Å². The van der Waals surface area contributed by atoms with Crippen LogP contribution in [0.5, 0.6) is 0 Å². The summed E-state index contributed by atoms with van der Waals surface area (Å²) in [6.07, 6.45) is 4.88. The van der Waals surface area contributed by atoms with Crippen molar-refractivity contribution in [1.82, 2.24) is 10.6 Å². The van der Waals surface area contributed by atoms with E-state index in [0.29, 0.717) is 23.3 Å². The number of rotatable bonds is 7. The highest BCUT2D eigenvalue weighted by molar-refractivity contribution is 7.91. The largest absolute Gasteiger partial charge is 0.339 e. The molecule has 168 valence electrons. The highest BCUT2D eigenvalue weighted by Crippen LogP contribution is 2.33. The molecule has 7 heteroatoms. The van der Waals surface area contributed by atoms with Gasteiger partial charge in [0.2, 0.25) is 5.91 Å². The van der Waals surface area contributed by atoms with E-state index in [1.54, 1.807) is 31.2 Å². The highest BCUT2D eigenvalue weighted by atomic mass is 32.2. The molecule has 1 aliphatic carbocycles. The lowest BCUT2D eigenvalue weighted by molar-refractivity contribution is -0.127. The predicted molar refractivity (Wildman–Crippen MR) is 124 cm³/mol. The van der Waals surface area contributed by atoms with Gasteiger partial charge in [-0.15, -0.1) is 0 Å². The smallest absolute Gasteiger partial charge is 0.238 e. The normalized spacial score (nSPS) is 23.3. The number of nitriles is 1. The van der Waals surface area contributed by atoms with Crippen LogP contribution in [0.4, 0.5) is 0 Å². The summed E-state index contributed by atoms with van der Waals surface area (Å²) < 4.78 is 24.0. The molecule has 3 aliphatic rings. The maximum Gasteiger partial charge on any atom is 0.238 e. The summed E-state index contributed by atoms with van der Waals surface area (Å²) in [4.78, 5) is 13.1. The monoisotopic (exact) mass is 451 g/mol. The van der Waals surface area contributed by atoms with Crippen LogP contribution < -0.4 is 10.6 Å². The zero-order chi connectivity index (χ0) is 22.7. The van der Waals surface area contributed by atoms with Crippen LogP contribution in [0.15, 0.2) is 53.4 Å².